The van der Waals surface area contributed by atoms with E-state index < -0.39 is 16.3 Å². The van der Waals surface area contributed by atoms with Crippen LogP contribution in [0.4, 0.5) is 11.6 Å². The molecule has 2 fully saturated rings. The van der Waals surface area contributed by atoms with Crippen LogP contribution in [-0.4, -0.2) is 55.3 Å². The van der Waals surface area contributed by atoms with E-state index >= 15 is 0 Å². The van der Waals surface area contributed by atoms with Crippen molar-refractivity contribution in [3.63, 3.8) is 0 Å². The zero-order chi connectivity index (χ0) is 22.3. The molecule has 1 atom stereocenters. The summed E-state index contributed by atoms with van der Waals surface area (Å²) in [4.78, 5) is 16.4. The molecule has 1 saturated heterocycles. The number of nitrogens with one attached hydrogen (secondary N) is 1. The van der Waals surface area contributed by atoms with Crippen LogP contribution in [0.25, 0.3) is 0 Å². The van der Waals surface area contributed by atoms with Crippen LogP contribution in [0.3, 0.4) is 0 Å². The minimum atomic E-state index is -1.19. The second kappa shape index (κ2) is 8.58. The van der Waals surface area contributed by atoms with Gasteiger partial charge in [0.2, 0.25) is 0 Å². The lowest BCUT2D eigenvalue weighted by atomic mass is 9.77. The van der Waals surface area contributed by atoms with Crippen LogP contribution < -0.4 is 10.2 Å². The molecule has 0 spiro atoms. The van der Waals surface area contributed by atoms with E-state index in [2.05, 4.69) is 26.3 Å². The predicted octanol–water partition coefficient (Wildman–Crippen LogP) is 2.77. The first-order chi connectivity index (χ1) is 15.5. The van der Waals surface area contributed by atoms with Crippen molar-refractivity contribution in [3.8, 4) is 6.07 Å². The smallest absolute Gasteiger partial charge is 0.149 e. The van der Waals surface area contributed by atoms with Crippen molar-refractivity contribution in [2.45, 2.75) is 54.9 Å². The third kappa shape index (κ3) is 3.74. The Hall–Kier alpha value is -2.28. The molecule has 0 unspecified atom stereocenters. The van der Waals surface area contributed by atoms with E-state index in [4.69, 9.17) is 16.6 Å². The number of hydrogen-bond donors (Lipinski definition) is 2. The molecule has 0 amide bonds. The lowest BCUT2D eigenvalue weighted by Crippen LogP contribution is -2.48. The lowest BCUT2D eigenvalue weighted by molar-refractivity contribution is 0.143. The Morgan fingerprint density at radius 3 is 2.62 bits per heavy atom. The molecule has 0 bridgehead atoms. The highest BCUT2D eigenvalue weighted by Crippen LogP contribution is 2.41. The summed E-state index contributed by atoms with van der Waals surface area (Å²) in [7, 11) is -1.19. The second-order valence-electron chi connectivity index (χ2n) is 8.82. The van der Waals surface area contributed by atoms with E-state index in [1.165, 1.54) is 0 Å². The Balaban J connectivity index is 1.45. The summed E-state index contributed by atoms with van der Waals surface area (Å²) < 4.78 is 12.8. The van der Waals surface area contributed by atoms with Gasteiger partial charge >= 0.3 is 0 Å². The van der Waals surface area contributed by atoms with Crippen LogP contribution in [0.2, 0.25) is 5.02 Å². The van der Waals surface area contributed by atoms with Crippen molar-refractivity contribution >= 4 is 34.0 Å². The number of piperidine rings is 1. The van der Waals surface area contributed by atoms with E-state index in [0.29, 0.717) is 39.3 Å². The predicted molar refractivity (Wildman–Crippen MR) is 122 cm³/mol. The number of anilines is 2. The Labute approximate surface area is 194 Å². The molecule has 3 aliphatic rings. The molecule has 32 heavy (non-hydrogen) atoms. The van der Waals surface area contributed by atoms with Gasteiger partial charge in [-0.05, 0) is 44.1 Å². The van der Waals surface area contributed by atoms with Crippen LogP contribution in [0.15, 0.2) is 17.3 Å². The first-order valence-corrected chi connectivity index (χ1v) is 12.7. The average Bonchev–Trinajstić information content (AvgIpc) is 3.18. The number of nitrogens with zero attached hydrogens (tertiary/aromatic N) is 5. The van der Waals surface area contributed by atoms with Gasteiger partial charge in [-0.15, -0.1) is 0 Å². The minimum absolute atomic E-state index is 0.0118. The fourth-order valence-corrected chi connectivity index (χ4v) is 6.36. The fourth-order valence-electron chi connectivity index (χ4n) is 4.88. The van der Waals surface area contributed by atoms with Gasteiger partial charge in [0.25, 0.3) is 0 Å². The third-order valence-electron chi connectivity index (χ3n) is 6.91. The van der Waals surface area contributed by atoms with E-state index in [1.54, 1.807) is 12.4 Å². The highest BCUT2D eigenvalue weighted by molar-refractivity contribution is 7.85. The number of fused-ring (bicyclic) bond motifs is 1. The Bertz CT molecular complexity index is 1090. The monoisotopic (exact) mass is 472 g/mol. The molecule has 5 rings (SSSR count). The number of pyridine rings is 1. The van der Waals surface area contributed by atoms with Crippen molar-refractivity contribution in [1.29, 1.82) is 5.26 Å². The van der Waals surface area contributed by atoms with Crippen LogP contribution in [0.1, 0.15) is 55.0 Å². The summed E-state index contributed by atoms with van der Waals surface area (Å²) in [6, 6.07) is 2.34. The standard InChI is InChI=1S/C22H25ClN6O2S/c23-15-11-25-19(26-12-15)14-2-7-29(8-3-14)21-17(10-24)16-4-9-32(31)18(16)20(27-21)28-22(13-30)5-1-6-22/h11-12,14,30H,1-9,13H2,(H,27,28)/t32-/m1/s1. The highest BCUT2D eigenvalue weighted by Gasteiger charge is 2.40. The molecule has 2 aliphatic heterocycles. The Morgan fingerprint density at radius 2 is 2.03 bits per heavy atom. The number of nitriles is 1. The normalized spacial score (nSPS) is 22.2. The van der Waals surface area contributed by atoms with Crippen molar-refractivity contribution in [3.05, 3.63) is 34.4 Å². The first-order valence-electron chi connectivity index (χ1n) is 11.0. The molecule has 1 aliphatic carbocycles. The summed E-state index contributed by atoms with van der Waals surface area (Å²) in [5.74, 6) is 2.76. The van der Waals surface area contributed by atoms with Gasteiger partial charge in [-0.25, -0.2) is 15.0 Å². The topological polar surface area (TPSA) is 115 Å². The highest BCUT2D eigenvalue weighted by atomic mass is 35.5. The maximum atomic E-state index is 12.8. The van der Waals surface area contributed by atoms with Crippen molar-refractivity contribution in [2.75, 3.05) is 35.7 Å². The molecule has 10 heteroatoms. The minimum Gasteiger partial charge on any atom is -0.394 e. The Morgan fingerprint density at radius 1 is 1.31 bits per heavy atom. The molecule has 2 aromatic heterocycles. The molecular formula is C22H25ClN6O2S. The average molecular weight is 473 g/mol. The summed E-state index contributed by atoms with van der Waals surface area (Å²) in [5.41, 5.74) is 0.968. The van der Waals surface area contributed by atoms with E-state index in [-0.39, 0.29) is 12.5 Å². The van der Waals surface area contributed by atoms with Gasteiger partial charge in [0.15, 0.2) is 0 Å². The van der Waals surface area contributed by atoms with Gasteiger partial charge in [-0.1, -0.05) is 11.6 Å². The number of aliphatic hydroxyl groups excluding tert-OH is 1. The zero-order valence-corrected chi connectivity index (χ0v) is 19.3. The summed E-state index contributed by atoms with van der Waals surface area (Å²) in [5, 5.41) is 23.9. The number of hydrogen-bond acceptors (Lipinski definition) is 8. The van der Waals surface area contributed by atoms with Crippen LogP contribution in [-0.2, 0) is 17.2 Å². The summed E-state index contributed by atoms with van der Waals surface area (Å²) in [6.07, 6.45) is 8.31. The van der Waals surface area contributed by atoms with Gasteiger partial charge in [-0.2, -0.15) is 5.26 Å². The fraction of sp³-hybridized carbons (Fsp3) is 0.545. The molecule has 168 valence electrons. The maximum absolute atomic E-state index is 12.8. The van der Waals surface area contributed by atoms with Crippen molar-refractivity contribution in [1.82, 2.24) is 15.0 Å². The van der Waals surface area contributed by atoms with Crippen molar-refractivity contribution < 1.29 is 9.32 Å². The summed E-state index contributed by atoms with van der Waals surface area (Å²) in [6.45, 7) is 1.47. The van der Waals surface area contributed by atoms with Crippen LogP contribution in [0.5, 0.6) is 0 Å². The third-order valence-corrected chi connectivity index (χ3v) is 8.57. The maximum Gasteiger partial charge on any atom is 0.149 e. The summed E-state index contributed by atoms with van der Waals surface area (Å²) >= 11 is 5.91. The van der Waals surface area contributed by atoms with Gasteiger partial charge < -0.3 is 15.3 Å². The van der Waals surface area contributed by atoms with E-state index in [0.717, 1.165) is 56.6 Å². The lowest BCUT2D eigenvalue weighted by Gasteiger charge is -2.42. The van der Waals surface area contributed by atoms with Gasteiger partial charge in [0, 0.05) is 37.2 Å². The number of rotatable bonds is 5. The quantitative estimate of drug-likeness (QED) is 0.682. The first kappa shape index (κ1) is 21.6. The number of halogens is 1. The molecule has 0 radical (unpaired) electrons. The largest absolute Gasteiger partial charge is 0.394 e. The van der Waals surface area contributed by atoms with Crippen LogP contribution >= 0.6 is 11.6 Å². The van der Waals surface area contributed by atoms with Crippen LogP contribution in [0, 0.1) is 11.3 Å². The SMILES string of the molecule is N#Cc1c(N2CCC(c3ncc(Cl)cn3)CC2)nc(NC2(CO)CCC2)c2c1CC[S@]2=O. The molecule has 2 N–H and O–H groups in total. The second-order valence-corrected chi connectivity index (χ2v) is 10.8. The molecule has 4 heterocycles. The molecule has 1 saturated carbocycles. The zero-order valence-electron chi connectivity index (χ0n) is 17.7. The molecule has 8 nitrogen and oxygen atoms in total. The molecular weight excluding hydrogens is 448 g/mol. The van der Waals surface area contributed by atoms with Gasteiger partial charge in [0.05, 0.1) is 38.4 Å². The van der Waals surface area contributed by atoms with Crippen molar-refractivity contribution in [2.24, 2.45) is 0 Å². The van der Waals surface area contributed by atoms with Gasteiger partial charge in [-0.3, -0.25) is 4.21 Å². The molecule has 2 aromatic rings. The number of aromatic nitrogens is 3. The molecule has 0 aromatic carbocycles. The van der Waals surface area contributed by atoms with E-state index in [9.17, 15) is 14.6 Å². The Kier molecular flexibility index (Phi) is 5.78. The van der Waals surface area contributed by atoms with E-state index in [1.807, 2.05) is 0 Å². The van der Waals surface area contributed by atoms with Gasteiger partial charge in [0.1, 0.15) is 23.5 Å². The number of aliphatic hydroxyl groups is 1.